The molecule has 0 unspecified atom stereocenters. The average molecular weight is 295 g/mol. The molecule has 106 valence electrons. The fraction of sp³-hybridized carbons (Fsp3) is 0.200. The number of nitrogens with one attached hydrogen (secondary N) is 1. The summed E-state index contributed by atoms with van der Waals surface area (Å²) < 4.78 is 18.8. The minimum absolute atomic E-state index is 0.352. The first-order chi connectivity index (χ1) is 9.60. The fourth-order valence-electron chi connectivity index (χ4n) is 1.70. The Kier molecular flexibility index (Phi) is 4.69. The highest BCUT2D eigenvalue weighted by Gasteiger charge is 2.06. The van der Waals surface area contributed by atoms with Gasteiger partial charge in [-0.15, -0.1) is 0 Å². The van der Waals surface area contributed by atoms with Crippen LogP contribution in [0.15, 0.2) is 36.4 Å². The Morgan fingerprint density at radius 1 is 1.25 bits per heavy atom. The largest absolute Gasteiger partial charge is 0.491 e. The number of nitrogen functional groups attached to an aromatic ring is 1. The van der Waals surface area contributed by atoms with Gasteiger partial charge >= 0.3 is 0 Å². The normalized spacial score (nSPS) is 10.3. The summed E-state index contributed by atoms with van der Waals surface area (Å²) in [7, 11) is 0. The number of hydrogen-bond acceptors (Lipinski definition) is 3. The van der Waals surface area contributed by atoms with Crippen molar-refractivity contribution >= 4 is 28.7 Å². The SMILES string of the molecule is CCCOc1cc(Nc2cc(F)ccc2Cl)ccc1N. The number of benzene rings is 2. The van der Waals surface area contributed by atoms with Crippen LogP contribution in [0.5, 0.6) is 5.75 Å². The van der Waals surface area contributed by atoms with E-state index in [-0.39, 0.29) is 5.82 Å². The zero-order valence-corrected chi connectivity index (χ0v) is 11.9. The van der Waals surface area contributed by atoms with Crippen molar-refractivity contribution in [3.8, 4) is 5.75 Å². The molecule has 20 heavy (non-hydrogen) atoms. The van der Waals surface area contributed by atoms with Crippen molar-refractivity contribution in [3.63, 3.8) is 0 Å². The predicted octanol–water partition coefficient (Wildman–Crippen LogP) is 4.59. The lowest BCUT2D eigenvalue weighted by Gasteiger charge is -2.12. The van der Waals surface area contributed by atoms with Crippen molar-refractivity contribution in [2.75, 3.05) is 17.7 Å². The van der Waals surface area contributed by atoms with E-state index in [1.54, 1.807) is 18.2 Å². The van der Waals surface area contributed by atoms with Crippen molar-refractivity contribution in [3.05, 3.63) is 47.2 Å². The van der Waals surface area contributed by atoms with Gasteiger partial charge in [-0.3, -0.25) is 0 Å². The van der Waals surface area contributed by atoms with Gasteiger partial charge in [-0.25, -0.2) is 4.39 Å². The molecule has 0 spiro atoms. The van der Waals surface area contributed by atoms with Crippen molar-refractivity contribution < 1.29 is 9.13 Å². The smallest absolute Gasteiger partial charge is 0.144 e. The molecule has 0 heterocycles. The third kappa shape index (κ3) is 3.54. The van der Waals surface area contributed by atoms with E-state index in [2.05, 4.69) is 5.32 Å². The number of ether oxygens (including phenoxy) is 1. The lowest BCUT2D eigenvalue weighted by molar-refractivity contribution is 0.319. The molecule has 3 nitrogen and oxygen atoms in total. The molecular weight excluding hydrogens is 279 g/mol. The Morgan fingerprint density at radius 3 is 2.80 bits per heavy atom. The second-order valence-electron chi connectivity index (χ2n) is 4.35. The number of rotatable bonds is 5. The van der Waals surface area contributed by atoms with E-state index in [4.69, 9.17) is 22.1 Å². The van der Waals surface area contributed by atoms with Gasteiger partial charge in [0.2, 0.25) is 0 Å². The molecule has 5 heteroatoms. The Hall–Kier alpha value is -1.94. The number of anilines is 3. The number of halogens is 2. The monoisotopic (exact) mass is 294 g/mol. The van der Waals surface area contributed by atoms with Crippen molar-refractivity contribution in [2.24, 2.45) is 0 Å². The van der Waals surface area contributed by atoms with E-state index in [1.807, 2.05) is 6.92 Å². The summed E-state index contributed by atoms with van der Waals surface area (Å²) >= 11 is 6.02. The minimum atomic E-state index is -0.352. The highest BCUT2D eigenvalue weighted by molar-refractivity contribution is 6.33. The lowest BCUT2D eigenvalue weighted by atomic mass is 10.2. The molecule has 2 rings (SSSR count). The average Bonchev–Trinajstić information content (AvgIpc) is 2.43. The molecule has 0 aromatic heterocycles. The molecule has 0 aliphatic rings. The number of hydrogen-bond donors (Lipinski definition) is 2. The molecule has 0 saturated heterocycles. The van der Waals surface area contributed by atoms with E-state index >= 15 is 0 Å². The van der Waals surface area contributed by atoms with Crippen molar-refractivity contribution in [1.82, 2.24) is 0 Å². The van der Waals surface area contributed by atoms with Gasteiger partial charge in [0, 0.05) is 11.8 Å². The standard InChI is InChI=1S/C15H16ClFN2O/c1-2-7-20-15-9-11(4-6-13(15)18)19-14-8-10(17)3-5-12(14)16/h3-6,8-9,19H,2,7,18H2,1H3. The van der Waals surface area contributed by atoms with Gasteiger partial charge in [0.25, 0.3) is 0 Å². The van der Waals surface area contributed by atoms with Crippen LogP contribution < -0.4 is 15.8 Å². The van der Waals surface area contributed by atoms with Crippen LogP contribution in [-0.2, 0) is 0 Å². The molecule has 0 fully saturated rings. The van der Waals surface area contributed by atoms with Crippen LogP contribution in [0.2, 0.25) is 5.02 Å². The topological polar surface area (TPSA) is 47.3 Å². The summed E-state index contributed by atoms with van der Waals surface area (Å²) in [5.74, 6) is 0.249. The number of nitrogens with two attached hydrogens (primary N) is 1. The third-order valence-electron chi connectivity index (χ3n) is 2.68. The van der Waals surface area contributed by atoms with Gasteiger partial charge in [-0.05, 0) is 36.8 Å². The van der Waals surface area contributed by atoms with Crippen LogP contribution in [0.1, 0.15) is 13.3 Å². The minimum Gasteiger partial charge on any atom is -0.491 e. The van der Waals surface area contributed by atoms with Crippen molar-refractivity contribution in [2.45, 2.75) is 13.3 Å². The van der Waals surface area contributed by atoms with Crippen molar-refractivity contribution in [1.29, 1.82) is 0 Å². The van der Waals surface area contributed by atoms with Crippen LogP contribution >= 0.6 is 11.6 Å². The Bertz CT molecular complexity index is 604. The lowest BCUT2D eigenvalue weighted by Crippen LogP contribution is -2.00. The molecule has 0 saturated carbocycles. The molecular formula is C15H16ClFN2O. The quantitative estimate of drug-likeness (QED) is 0.793. The highest BCUT2D eigenvalue weighted by atomic mass is 35.5. The molecule has 2 aromatic carbocycles. The van der Waals surface area contributed by atoms with Crippen LogP contribution in [-0.4, -0.2) is 6.61 Å². The predicted molar refractivity (Wildman–Crippen MR) is 81.3 cm³/mol. The summed E-state index contributed by atoms with van der Waals surface area (Å²) in [6, 6.07) is 9.45. The third-order valence-corrected chi connectivity index (χ3v) is 3.01. The van der Waals surface area contributed by atoms with Gasteiger partial charge in [0.1, 0.15) is 11.6 Å². The zero-order chi connectivity index (χ0) is 14.5. The zero-order valence-electron chi connectivity index (χ0n) is 11.1. The van der Waals surface area contributed by atoms with Gasteiger partial charge in [-0.1, -0.05) is 18.5 Å². The molecule has 0 radical (unpaired) electrons. The van der Waals surface area contributed by atoms with Gasteiger partial charge in [0.15, 0.2) is 0 Å². The maximum absolute atomic E-state index is 13.2. The van der Waals surface area contributed by atoms with E-state index in [9.17, 15) is 4.39 Å². The molecule has 0 bridgehead atoms. The van der Waals surface area contributed by atoms with E-state index in [0.717, 1.165) is 12.1 Å². The summed E-state index contributed by atoms with van der Waals surface area (Å²) in [6.07, 6.45) is 0.896. The van der Waals surface area contributed by atoms with E-state index in [1.165, 1.54) is 18.2 Å². The first-order valence-electron chi connectivity index (χ1n) is 6.34. The summed E-state index contributed by atoms with van der Waals surface area (Å²) in [5.41, 5.74) is 7.64. The second kappa shape index (κ2) is 6.48. The molecule has 0 amide bonds. The molecule has 2 aromatic rings. The Balaban J connectivity index is 2.22. The molecule has 0 atom stereocenters. The van der Waals surface area contributed by atoms with E-state index < -0.39 is 0 Å². The van der Waals surface area contributed by atoms with Gasteiger partial charge in [-0.2, -0.15) is 0 Å². The highest BCUT2D eigenvalue weighted by Crippen LogP contribution is 2.30. The fourth-order valence-corrected chi connectivity index (χ4v) is 1.86. The molecule has 0 aliphatic heterocycles. The van der Waals surface area contributed by atoms with Crippen LogP contribution in [0.25, 0.3) is 0 Å². The maximum atomic E-state index is 13.2. The van der Waals surface area contributed by atoms with Gasteiger partial charge in [0.05, 0.1) is 23.0 Å². The van der Waals surface area contributed by atoms with Crippen LogP contribution in [0, 0.1) is 5.82 Å². The molecule has 3 N–H and O–H groups in total. The maximum Gasteiger partial charge on any atom is 0.144 e. The van der Waals surface area contributed by atoms with E-state index in [0.29, 0.717) is 28.8 Å². The first kappa shape index (κ1) is 14.5. The van der Waals surface area contributed by atoms with Crippen LogP contribution in [0.4, 0.5) is 21.5 Å². The summed E-state index contributed by atoms with van der Waals surface area (Å²) in [4.78, 5) is 0. The molecule has 0 aliphatic carbocycles. The summed E-state index contributed by atoms with van der Waals surface area (Å²) in [5, 5.41) is 3.49. The Labute approximate surface area is 122 Å². The second-order valence-corrected chi connectivity index (χ2v) is 4.76. The van der Waals surface area contributed by atoms with Gasteiger partial charge < -0.3 is 15.8 Å². The first-order valence-corrected chi connectivity index (χ1v) is 6.72. The summed E-state index contributed by atoms with van der Waals surface area (Å²) in [6.45, 7) is 2.61. The Morgan fingerprint density at radius 2 is 2.05 bits per heavy atom. The van der Waals surface area contributed by atoms with Crippen LogP contribution in [0.3, 0.4) is 0 Å².